The van der Waals surface area contributed by atoms with Crippen molar-refractivity contribution in [3.05, 3.63) is 28.8 Å². The van der Waals surface area contributed by atoms with Gasteiger partial charge in [-0.1, -0.05) is 11.6 Å². The maximum atomic E-state index is 12.2. The first-order valence-corrected chi connectivity index (χ1v) is 6.50. The number of anilines is 1. The first-order chi connectivity index (χ1) is 8.70. The molecule has 0 saturated carbocycles. The Balaban J connectivity index is 2.14. The van der Waals surface area contributed by atoms with Crippen molar-refractivity contribution < 1.29 is 9.53 Å². The molecule has 1 amide bonds. The van der Waals surface area contributed by atoms with Crippen LogP contribution in [0.4, 0.5) is 5.69 Å². The molecular formula is C13H17ClN2O2. The fourth-order valence-electron chi connectivity index (χ4n) is 1.96. The van der Waals surface area contributed by atoms with Crippen molar-refractivity contribution in [1.29, 1.82) is 0 Å². The average Bonchev–Trinajstić information content (AvgIpc) is 2.84. The standard InChI is InChI=1S/C13H17ClN2O2/c1-2-15-12-4-3-9(14)7-11(12)13(17)16-10-5-6-18-8-10/h3-4,7,10,15H,2,5-6,8H2,1H3,(H,16,17). The van der Waals surface area contributed by atoms with Crippen LogP contribution >= 0.6 is 11.6 Å². The van der Waals surface area contributed by atoms with Gasteiger partial charge in [-0.2, -0.15) is 0 Å². The van der Waals surface area contributed by atoms with Crippen LogP contribution in [0.5, 0.6) is 0 Å². The van der Waals surface area contributed by atoms with Crippen molar-refractivity contribution >= 4 is 23.2 Å². The average molecular weight is 269 g/mol. The zero-order valence-corrected chi connectivity index (χ0v) is 11.1. The number of amides is 1. The van der Waals surface area contributed by atoms with Gasteiger partial charge in [0.05, 0.1) is 18.2 Å². The molecule has 0 aromatic heterocycles. The van der Waals surface area contributed by atoms with Crippen LogP contribution in [0, 0.1) is 0 Å². The van der Waals surface area contributed by atoms with Gasteiger partial charge < -0.3 is 15.4 Å². The molecule has 1 aliphatic rings. The van der Waals surface area contributed by atoms with E-state index in [1.54, 1.807) is 12.1 Å². The van der Waals surface area contributed by atoms with Crippen molar-refractivity contribution in [3.8, 4) is 0 Å². The fourth-order valence-corrected chi connectivity index (χ4v) is 2.13. The molecular weight excluding hydrogens is 252 g/mol. The molecule has 1 aliphatic heterocycles. The van der Waals surface area contributed by atoms with Crippen LogP contribution in [0.1, 0.15) is 23.7 Å². The second kappa shape index (κ2) is 6.07. The lowest BCUT2D eigenvalue weighted by Gasteiger charge is -2.14. The number of halogens is 1. The molecule has 2 rings (SSSR count). The third-order valence-electron chi connectivity index (χ3n) is 2.86. The van der Waals surface area contributed by atoms with Crippen molar-refractivity contribution in [2.75, 3.05) is 25.1 Å². The summed E-state index contributed by atoms with van der Waals surface area (Å²) in [7, 11) is 0. The molecule has 1 atom stereocenters. The van der Waals surface area contributed by atoms with Gasteiger partial charge in [-0.05, 0) is 31.5 Å². The number of rotatable bonds is 4. The molecule has 0 spiro atoms. The maximum Gasteiger partial charge on any atom is 0.253 e. The molecule has 1 fully saturated rings. The lowest BCUT2D eigenvalue weighted by molar-refractivity contribution is 0.0930. The largest absolute Gasteiger partial charge is 0.385 e. The van der Waals surface area contributed by atoms with E-state index in [4.69, 9.17) is 16.3 Å². The first kappa shape index (κ1) is 13.2. The lowest BCUT2D eigenvalue weighted by Crippen LogP contribution is -2.35. The highest BCUT2D eigenvalue weighted by Gasteiger charge is 2.20. The zero-order valence-electron chi connectivity index (χ0n) is 10.3. The molecule has 2 N–H and O–H groups in total. The molecule has 1 saturated heterocycles. The summed E-state index contributed by atoms with van der Waals surface area (Å²) in [5, 5.41) is 6.68. The van der Waals surface area contributed by atoms with Gasteiger partial charge in [0.1, 0.15) is 0 Å². The summed E-state index contributed by atoms with van der Waals surface area (Å²) >= 11 is 5.95. The number of carbonyl (C=O) groups is 1. The SMILES string of the molecule is CCNc1ccc(Cl)cc1C(=O)NC1CCOC1. The highest BCUT2D eigenvalue weighted by molar-refractivity contribution is 6.31. The van der Waals surface area contributed by atoms with Gasteiger partial charge in [-0.15, -0.1) is 0 Å². The van der Waals surface area contributed by atoms with Crippen LogP contribution in [0.2, 0.25) is 5.02 Å². The molecule has 98 valence electrons. The zero-order chi connectivity index (χ0) is 13.0. The normalized spacial score (nSPS) is 18.7. The van der Waals surface area contributed by atoms with Crippen LogP contribution < -0.4 is 10.6 Å². The van der Waals surface area contributed by atoms with Crippen LogP contribution in [-0.4, -0.2) is 31.7 Å². The van der Waals surface area contributed by atoms with Gasteiger partial charge in [-0.3, -0.25) is 4.79 Å². The smallest absolute Gasteiger partial charge is 0.253 e. The second-order valence-corrected chi connectivity index (χ2v) is 4.69. The van der Waals surface area contributed by atoms with E-state index in [2.05, 4.69) is 10.6 Å². The van der Waals surface area contributed by atoms with Crippen molar-refractivity contribution in [3.63, 3.8) is 0 Å². The van der Waals surface area contributed by atoms with E-state index in [0.29, 0.717) is 23.8 Å². The molecule has 1 unspecified atom stereocenters. The van der Waals surface area contributed by atoms with Crippen molar-refractivity contribution in [2.24, 2.45) is 0 Å². The fraction of sp³-hybridized carbons (Fsp3) is 0.462. The predicted molar refractivity (Wildman–Crippen MR) is 72.3 cm³/mol. The molecule has 4 nitrogen and oxygen atoms in total. The Hall–Kier alpha value is -1.26. The summed E-state index contributed by atoms with van der Waals surface area (Å²) in [4.78, 5) is 12.2. The van der Waals surface area contributed by atoms with Crippen LogP contribution in [0.3, 0.4) is 0 Å². The van der Waals surface area contributed by atoms with Crippen molar-refractivity contribution in [1.82, 2.24) is 5.32 Å². The van der Waals surface area contributed by atoms with E-state index in [9.17, 15) is 4.79 Å². The Morgan fingerprint density at radius 3 is 3.06 bits per heavy atom. The van der Waals surface area contributed by atoms with Gasteiger partial charge >= 0.3 is 0 Å². The number of hydrogen-bond donors (Lipinski definition) is 2. The van der Waals surface area contributed by atoms with Crippen LogP contribution in [-0.2, 0) is 4.74 Å². The summed E-state index contributed by atoms with van der Waals surface area (Å²) in [6.07, 6.45) is 0.864. The quantitative estimate of drug-likeness (QED) is 0.881. The number of carbonyl (C=O) groups excluding carboxylic acids is 1. The van der Waals surface area contributed by atoms with Gasteiger partial charge in [0.15, 0.2) is 0 Å². The van der Waals surface area contributed by atoms with E-state index in [-0.39, 0.29) is 11.9 Å². The predicted octanol–water partition coefficient (Wildman–Crippen LogP) is 2.29. The second-order valence-electron chi connectivity index (χ2n) is 4.25. The van der Waals surface area contributed by atoms with E-state index in [1.165, 1.54) is 0 Å². The number of benzene rings is 1. The van der Waals surface area contributed by atoms with E-state index < -0.39 is 0 Å². The third kappa shape index (κ3) is 3.15. The minimum Gasteiger partial charge on any atom is -0.385 e. The number of nitrogens with one attached hydrogen (secondary N) is 2. The lowest BCUT2D eigenvalue weighted by atomic mass is 10.1. The number of ether oxygens (including phenoxy) is 1. The van der Waals surface area contributed by atoms with E-state index in [0.717, 1.165) is 18.7 Å². The monoisotopic (exact) mass is 268 g/mol. The summed E-state index contributed by atoms with van der Waals surface area (Å²) in [6, 6.07) is 5.39. The molecule has 1 aromatic carbocycles. The minimum atomic E-state index is -0.107. The van der Waals surface area contributed by atoms with Gasteiger partial charge in [-0.25, -0.2) is 0 Å². The first-order valence-electron chi connectivity index (χ1n) is 6.12. The van der Waals surface area contributed by atoms with Gasteiger partial charge in [0.25, 0.3) is 5.91 Å². The summed E-state index contributed by atoms with van der Waals surface area (Å²) in [5.74, 6) is -0.107. The Morgan fingerprint density at radius 1 is 1.56 bits per heavy atom. The van der Waals surface area contributed by atoms with Gasteiger partial charge in [0.2, 0.25) is 0 Å². The maximum absolute atomic E-state index is 12.2. The Labute approximate surface area is 112 Å². The summed E-state index contributed by atoms with van der Waals surface area (Å²) in [6.45, 7) is 4.04. The minimum absolute atomic E-state index is 0.103. The molecule has 0 radical (unpaired) electrons. The summed E-state index contributed by atoms with van der Waals surface area (Å²) in [5.41, 5.74) is 1.38. The molecule has 18 heavy (non-hydrogen) atoms. The molecule has 5 heteroatoms. The molecule has 1 heterocycles. The molecule has 0 aliphatic carbocycles. The Morgan fingerprint density at radius 2 is 2.39 bits per heavy atom. The van der Waals surface area contributed by atoms with Crippen molar-refractivity contribution in [2.45, 2.75) is 19.4 Å². The summed E-state index contributed by atoms with van der Waals surface area (Å²) < 4.78 is 5.24. The Kier molecular flexibility index (Phi) is 4.44. The van der Waals surface area contributed by atoms with E-state index in [1.807, 2.05) is 13.0 Å². The van der Waals surface area contributed by atoms with E-state index >= 15 is 0 Å². The highest BCUT2D eigenvalue weighted by Crippen LogP contribution is 2.21. The Bertz CT molecular complexity index is 431. The van der Waals surface area contributed by atoms with Crippen LogP contribution in [0.25, 0.3) is 0 Å². The van der Waals surface area contributed by atoms with Gasteiger partial charge in [0, 0.05) is 23.9 Å². The third-order valence-corrected chi connectivity index (χ3v) is 3.09. The molecule has 1 aromatic rings. The van der Waals surface area contributed by atoms with Crippen LogP contribution in [0.15, 0.2) is 18.2 Å². The number of hydrogen-bond acceptors (Lipinski definition) is 3. The molecule has 0 bridgehead atoms. The topological polar surface area (TPSA) is 50.4 Å². The highest BCUT2D eigenvalue weighted by atomic mass is 35.5.